The second-order valence-electron chi connectivity index (χ2n) is 6.58. The zero-order chi connectivity index (χ0) is 18.6. The highest BCUT2D eigenvalue weighted by atomic mass is 16.5. The Kier molecular flexibility index (Phi) is 4.97. The Labute approximate surface area is 157 Å². The van der Waals surface area contributed by atoms with E-state index in [0.29, 0.717) is 18.5 Å². The quantitative estimate of drug-likeness (QED) is 0.660. The van der Waals surface area contributed by atoms with E-state index >= 15 is 0 Å². The summed E-state index contributed by atoms with van der Waals surface area (Å²) in [6.45, 7) is 4.79. The van der Waals surface area contributed by atoms with Gasteiger partial charge in [-0.3, -0.25) is 4.90 Å². The predicted molar refractivity (Wildman–Crippen MR) is 98.4 cm³/mol. The minimum Gasteiger partial charge on any atom is -0.481 e. The number of ether oxygens (including phenoxy) is 2. The number of aromatic nitrogens is 5. The molecule has 0 aliphatic carbocycles. The molecule has 1 aliphatic heterocycles. The van der Waals surface area contributed by atoms with Gasteiger partial charge in [0.1, 0.15) is 6.61 Å². The van der Waals surface area contributed by atoms with Gasteiger partial charge in [-0.15, -0.1) is 0 Å². The number of hydrogen-bond acceptors (Lipinski definition) is 7. The Hall–Kier alpha value is -3.00. The first-order valence-electron chi connectivity index (χ1n) is 8.86. The molecule has 3 aromatic rings. The minimum atomic E-state index is 0.128. The summed E-state index contributed by atoms with van der Waals surface area (Å²) in [5.74, 6) is 0.664. The van der Waals surface area contributed by atoms with Crippen LogP contribution in [0.25, 0.3) is 0 Å². The lowest BCUT2D eigenvalue weighted by molar-refractivity contribution is 0.131. The van der Waals surface area contributed by atoms with Gasteiger partial charge in [0.25, 0.3) is 0 Å². The number of hydrogen-bond donors (Lipinski definition) is 0. The SMILES string of the molecule is COc1ncccc1CN1Cc2cncn2C(COc2nccc(C)n2)C1. The van der Waals surface area contributed by atoms with E-state index in [1.165, 1.54) is 0 Å². The van der Waals surface area contributed by atoms with Crippen molar-refractivity contribution in [2.75, 3.05) is 20.3 Å². The van der Waals surface area contributed by atoms with Crippen LogP contribution in [0.2, 0.25) is 0 Å². The van der Waals surface area contributed by atoms with Crippen molar-refractivity contribution in [1.82, 2.24) is 29.4 Å². The van der Waals surface area contributed by atoms with Gasteiger partial charge in [0.05, 0.1) is 25.2 Å². The first-order valence-corrected chi connectivity index (χ1v) is 8.86. The van der Waals surface area contributed by atoms with Crippen LogP contribution in [0, 0.1) is 6.92 Å². The highest BCUT2D eigenvalue weighted by Crippen LogP contribution is 2.25. The summed E-state index contributed by atoms with van der Waals surface area (Å²) in [4.78, 5) is 19.4. The van der Waals surface area contributed by atoms with Crippen molar-refractivity contribution in [3.05, 3.63) is 60.1 Å². The van der Waals surface area contributed by atoms with Crippen LogP contribution in [0.15, 0.2) is 43.1 Å². The number of aryl methyl sites for hydroxylation is 1. The van der Waals surface area contributed by atoms with Gasteiger partial charge >= 0.3 is 6.01 Å². The maximum atomic E-state index is 5.86. The zero-order valence-electron chi connectivity index (χ0n) is 15.4. The van der Waals surface area contributed by atoms with Crippen molar-refractivity contribution in [1.29, 1.82) is 0 Å². The standard InChI is InChI=1S/C19H22N6O2/c1-14-5-7-22-19(23-14)27-12-17-11-24(10-16-8-20-13-25(16)17)9-15-4-3-6-21-18(15)26-2/h3-8,13,17H,9-12H2,1-2H3. The molecule has 1 unspecified atom stereocenters. The molecule has 0 saturated carbocycles. The van der Waals surface area contributed by atoms with Crippen LogP contribution in [0.5, 0.6) is 11.9 Å². The van der Waals surface area contributed by atoms with Gasteiger partial charge in [-0.05, 0) is 19.1 Å². The number of rotatable bonds is 6. The largest absolute Gasteiger partial charge is 0.481 e. The molecule has 4 heterocycles. The van der Waals surface area contributed by atoms with Crippen LogP contribution >= 0.6 is 0 Å². The van der Waals surface area contributed by atoms with Crippen molar-refractivity contribution in [2.45, 2.75) is 26.1 Å². The molecule has 3 aromatic heterocycles. The van der Waals surface area contributed by atoms with Crippen LogP contribution in [-0.4, -0.2) is 49.7 Å². The third-order valence-electron chi connectivity index (χ3n) is 4.61. The maximum Gasteiger partial charge on any atom is 0.316 e. The molecular weight excluding hydrogens is 344 g/mol. The Balaban J connectivity index is 1.49. The number of methoxy groups -OCH3 is 1. The smallest absolute Gasteiger partial charge is 0.316 e. The Morgan fingerprint density at radius 3 is 3.00 bits per heavy atom. The van der Waals surface area contributed by atoms with Crippen LogP contribution in [0.4, 0.5) is 0 Å². The summed E-state index contributed by atoms with van der Waals surface area (Å²) in [5.41, 5.74) is 3.11. The van der Waals surface area contributed by atoms with E-state index in [4.69, 9.17) is 9.47 Å². The number of pyridine rings is 1. The molecule has 8 nitrogen and oxygen atoms in total. The average molecular weight is 366 g/mol. The Morgan fingerprint density at radius 2 is 2.15 bits per heavy atom. The normalized spacial score (nSPS) is 16.7. The molecule has 1 atom stereocenters. The van der Waals surface area contributed by atoms with Crippen LogP contribution in [-0.2, 0) is 13.1 Å². The lowest BCUT2D eigenvalue weighted by Gasteiger charge is -2.34. The number of imidazole rings is 1. The summed E-state index contributed by atoms with van der Waals surface area (Å²) in [6, 6.07) is 6.36. The van der Waals surface area contributed by atoms with E-state index in [-0.39, 0.29) is 6.04 Å². The predicted octanol–water partition coefficient (Wildman–Crippen LogP) is 2.02. The molecule has 27 heavy (non-hydrogen) atoms. The summed E-state index contributed by atoms with van der Waals surface area (Å²) >= 11 is 0. The van der Waals surface area contributed by atoms with Gasteiger partial charge in [0.15, 0.2) is 0 Å². The lowest BCUT2D eigenvalue weighted by atomic mass is 10.1. The molecular formula is C19H22N6O2. The zero-order valence-corrected chi connectivity index (χ0v) is 15.4. The van der Waals surface area contributed by atoms with E-state index in [2.05, 4.69) is 29.4 Å². The number of nitrogens with zero attached hydrogens (tertiary/aromatic N) is 6. The van der Waals surface area contributed by atoms with Gasteiger partial charge in [-0.25, -0.2) is 19.9 Å². The summed E-state index contributed by atoms with van der Waals surface area (Å²) in [6.07, 6.45) is 7.22. The molecule has 0 radical (unpaired) electrons. The monoisotopic (exact) mass is 366 g/mol. The van der Waals surface area contributed by atoms with Crippen molar-refractivity contribution in [3.8, 4) is 11.9 Å². The minimum absolute atomic E-state index is 0.128. The van der Waals surface area contributed by atoms with Crippen LogP contribution < -0.4 is 9.47 Å². The summed E-state index contributed by atoms with van der Waals surface area (Å²) in [5, 5.41) is 0. The van der Waals surface area contributed by atoms with Gasteiger partial charge in [0.2, 0.25) is 5.88 Å². The van der Waals surface area contributed by atoms with Crippen molar-refractivity contribution < 1.29 is 9.47 Å². The number of fused-ring (bicyclic) bond motifs is 1. The Bertz CT molecular complexity index is 912. The summed E-state index contributed by atoms with van der Waals surface area (Å²) < 4.78 is 13.4. The van der Waals surface area contributed by atoms with Crippen LogP contribution in [0.1, 0.15) is 23.0 Å². The molecule has 0 saturated heterocycles. The first-order chi connectivity index (χ1) is 13.2. The maximum absolute atomic E-state index is 5.86. The molecule has 8 heteroatoms. The summed E-state index contributed by atoms with van der Waals surface area (Å²) in [7, 11) is 1.65. The highest BCUT2D eigenvalue weighted by molar-refractivity contribution is 5.25. The second-order valence-corrected chi connectivity index (χ2v) is 6.58. The molecule has 0 bridgehead atoms. The molecule has 0 fully saturated rings. The first kappa shape index (κ1) is 17.4. The van der Waals surface area contributed by atoms with Gasteiger partial charge in [0, 0.05) is 49.5 Å². The molecule has 0 N–H and O–H groups in total. The van der Waals surface area contributed by atoms with Gasteiger partial charge in [-0.1, -0.05) is 6.07 Å². The van der Waals surface area contributed by atoms with Crippen molar-refractivity contribution in [2.24, 2.45) is 0 Å². The highest BCUT2D eigenvalue weighted by Gasteiger charge is 2.26. The fraction of sp³-hybridized carbons (Fsp3) is 0.368. The molecule has 140 valence electrons. The lowest BCUT2D eigenvalue weighted by Crippen LogP contribution is -2.39. The van der Waals surface area contributed by atoms with E-state index in [1.54, 1.807) is 19.5 Å². The molecule has 0 aromatic carbocycles. The Morgan fingerprint density at radius 1 is 1.22 bits per heavy atom. The fourth-order valence-corrected chi connectivity index (χ4v) is 3.35. The van der Waals surface area contributed by atoms with Gasteiger partial charge < -0.3 is 14.0 Å². The fourth-order valence-electron chi connectivity index (χ4n) is 3.35. The molecule has 0 spiro atoms. The average Bonchev–Trinajstić information content (AvgIpc) is 3.15. The molecule has 4 rings (SSSR count). The topological polar surface area (TPSA) is 78.2 Å². The van der Waals surface area contributed by atoms with Crippen molar-refractivity contribution in [3.63, 3.8) is 0 Å². The third-order valence-corrected chi connectivity index (χ3v) is 4.61. The second kappa shape index (κ2) is 7.71. The van der Waals surface area contributed by atoms with E-state index in [1.807, 2.05) is 37.6 Å². The molecule has 0 amide bonds. The third kappa shape index (κ3) is 3.90. The van der Waals surface area contributed by atoms with E-state index in [9.17, 15) is 0 Å². The van der Waals surface area contributed by atoms with Crippen molar-refractivity contribution >= 4 is 0 Å². The van der Waals surface area contributed by atoms with Crippen LogP contribution in [0.3, 0.4) is 0 Å². The molecule has 1 aliphatic rings. The van der Waals surface area contributed by atoms with E-state index < -0.39 is 0 Å². The van der Waals surface area contributed by atoms with E-state index in [0.717, 1.165) is 36.6 Å². The van der Waals surface area contributed by atoms with Gasteiger partial charge in [-0.2, -0.15) is 0 Å².